The number of nitrogens with zero attached hydrogens (tertiary/aromatic N) is 4. The number of fused-ring (bicyclic) bond motifs is 2. The summed E-state index contributed by atoms with van der Waals surface area (Å²) < 4.78 is 10.4. The van der Waals surface area contributed by atoms with E-state index in [1.165, 1.54) is 38.5 Å². The van der Waals surface area contributed by atoms with Crippen molar-refractivity contribution in [2.45, 2.75) is 69.4 Å². The van der Waals surface area contributed by atoms with Crippen molar-refractivity contribution in [3.63, 3.8) is 0 Å². The highest BCUT2D eigenvalue weighted by Crippen LogP contribution is 2.55. The van der Waals surface area contributed by atoms with Gasteiger partial charge in [0.05, 0.1) is 22.4 Å². The molecule has 0 aromatic carbocycles. The molecule has 4 aliphatic carbocycles. The van der Waals surface area contributed by atoms with Gasteiger partial charge >= 0.3 is 0 Å². The van der Waals surface area contributed by atoms with Gasteiger partial charge < -0.3 is 10.1 Å². The van der Waals surface area contributed by atoms with Crippen molar-refractivity contribution in [1.29, 1.82) is 0 Å². The van der Waals surface area contributed by atoms with Crippen molar-refractivity contribution in [2.24, 2.45) is 17.8 Å². The third kappa shape index (κ3) is 4.46. The summed E-state index contributed by atoms with van der Waals surface area (Å²) in [6, 6.07) is 16.6. The second kappa shape index (κ2) is 9.31. The molecule has 4 aromatic rings. The van der Waals surface area contributed by atoms with E-state index in [-0.39, 0.29) is 6.10 Å². The number of hydrogen-bond donors (Lipinski definition) is 1. The molecule has 0 amide bonds. The van der Waals surface area contributed by atoms with Crippen LogP contribution in [0, 0.1) is 17.8 Å². The Kier molecular flexibility index (Phi) is 5.82. The van der Waals surface area contributed by atoms with Gasteiger partial charge in [0.25, 0.3) is 0 Å². The van der Waals surface area contributed by atoms with Crippen LogP contribution in [-0.2, 0) is 11.2 Å². The van der Waals surface area contributed by atoms with Gasteiger partial charge in [0, 0.05) is 31.0 Å². The molecule has 4 bridgehead atoms. The molecule has 1 unspecified atom stereocenters. The molecule has 4 heterocycles. The van der Waals surface area contributed by atoms with Crippen molar-refractivity contribution in [2.75, 3.05) is 13.2 Å². The van der Waals surface area contributed by atoms with Crippen molar-refractivity contribution >= 4 is 11.0 Å². The number of aromatic nitrogens is 4. The smallest absolute Gasteiger partial charge is 0.107 e. The lowest BCUT2D eigenvalue weighted by atomic mass is 9.53. The van der Waals surface area contributed by atoms with Crippen LogP contribution in [0.1, 0.15) is 68.9 Å². The predicted octanol–water partition coefficient (Wildman–Crippen LogP) is 5.62. The molecule has 1 N–H and O–H groups in total. The fourth-order valence-electron chi connectivity index (χ4n) is 7.78. The number of nitrogens with one attached hydrogen (secondary N) is 1. The molecule has 4 fully saturated rings. The molecule has 0 spiro atoms. The summed E-state index contributed by atoms with van der Waals surface area (Å²) in [7, 11) is 0. The minimum atomic E-state index is -0.106. The highest BCUT2D eigenvalue weighted by Gasteiger charge is 2.50. The highest BCUT2D eigenvalue weighted by molar-refractivity contribution is 5.49. The molecular formula is C30H37N5O. The second-order valence-corrected chi connectivity index (χ2v) is 11.7. The van der Waals surface area contributed by atoms with E-state index in [9.17, 15) is 0 Å². The predicted molar refractivity (Wildman–Crippen MR) is 141 cm³/mol. The number of hydrogen-bond acceptors (Lipinski definition) is 4. The van der Waals surface area contributed by atoms with Gasteiger partial charge in [-0.15, -0.1) is 0 Å². The van der Waals surface area contributed by atoms with Crippen molar-refractivity contribution in [3.05, 3.63) is 72.3 Å². The molecule has 1 atom stereocenters. The Morgan fingerprint density at radius 3 is 2.19 bits per heavy atom. The molecule has 6 heteroatoms. The Bertz CT molecular complexity index is 1240. The van der Waals surface area contributed by atoms with E-state index in [1.807, 2.05) is 39.6 Å². The van der Waals surface area contributed by atoms with E-state index >= 15 is 0 Å². The lowest BCUT2D eigenvalue weighted by Gasteiger charge is -2.57. The van der Waals surface area contributed by atoms with Crippen LogP contribution in [0.25, 0.3) is 11.0 Å². The summed E-state index contributed by atoms with van der Waals surface area (Å²) in [6.45, 7) is 1.86. The van der Waals surface area contributed by atoms with Gasteiger partial charge in [0.2, 0.25) is 0 Å². The number of pyridine rings is 2. The zero-order valence-electron chi connectivity index (χ0n) is 21.1. The summed E-state index contributed by atoms with van der Waals surface area (Å²) >= 11 is 0. The third-order valence-corrected chi connectivity index (χ3v) is 8.96. The summed E-state index contributed by atoms with van der Waals surface area (Å²) in [5.41, 5.74) is 4.67. The summed E-state index contributed by atoms with van der Waals surface area (Å²) in [5.74, 6) is 2.99. The molecule has 36 heavy (non-hydrogen) atoms. The van der Waals surface area contributed by atoms with E-state index < -0.39 is 0 Å². The summed E-state index contributed by atoms with van der Waals surface area (Å²) in [5, 5.41) is 13.6. The average molecular weight is 484 g/mol. The largest absolute Gasteiger partial charge is 0.371 e. The van der Waals surface area contributed by atoms with Crippen LogP contribution in [-0.4, -0.2) is 37.9 Å². The Balaban J connectivity index is 0.977. The molecule has 0 radical (unpaired) electrons. The van der Waals surface area contributed by atoms with Gasteiger partial charge in [-0.2, -0.15) is 10.2 Å². The van der Waals surface area contributed by atoms with E-state index in [0.717, 1.165) is 72.6 Å². The molecule has 4 saturated carbocycles. The van der Waals surface area contributed by atoms with Crippen LogP contribution in [0.15, 0.2) is 60.9 Å². The maximum Gasteiger partial charge on any atom is 0.107 e. The lowest BCUT2D eigenvalue weighted by Crippen LogP contribution is -2.58. The van der Waals surface area contributed by atoms with Gasteiger partial charge in [-0.3, -0.25) is 0 Å². The SMILES string of the molecule is c1ccn2nc(CC(OCCCCNC34CC5CC(CC(C5)C3)C4)c3cc4ccccn4n3)cc2c1. The Hall–Kier alpha value is -2.70. The van der Waals surface area contributed by atoms with Crippen LogP contribution < -0.4 is 5.32 Å². The van der Waals surface area contributed by atoms with Gasteiger partial charge in [0.15, 0.2) is 0 Å². The third-order valence-electron chi connectivity index (χ3n) is 8.96. The molecule has 188 valence electrons. The molecule has 4 aromatic heterocycles. The van der Waals surface area contributed by atoms with E-state index in [4.69, 9.17) is 14.9 Å². The van der Waals surface area contributed by atoms with Crippen LogP contribution in [0.3, 0.4) is 0 Å². The van der Waals surface area contributed by atoms with Crippen LogP contribution in [0.2, 0.25) is 0 Å². The van der Waals surface area contributed by atoms with Crippen LogP contribution in [0.4, 0.5) is 0 Å². The Morgan fingerprint density at radius 1 is 0.861 bits per heavy atom. The highest BCUT2D eigenvalue weighted by atomic mass is 16.5. The average Bonchev–Trinajstić information content (AvgIpc) is 3.48. The Morgan fingerprint density at radius 2 is 1.53 bits per heavy atom. The van der Waals surface area contributed by atoms with Crippen molar-refractivity contribution in [3.8, 4) is 0 Å². The first-order valence-corrected chi connectivity index (χ1v) is 14.0. The monoisotopic (exact) mass is 483 g/mol. The fourth-order valence-corrected chi connectivity index (χ4v) is 7.78. The molecule has 0 saturated heterocycles. The van der Waals surface area contributed by atoms with E-state index in [0.29, 0.717) is 5.54 Å². The number of ether oxygens (including phenoxy) is 1. The van der Waals surface area contributed by atoms with Gasteiger partial charge in [-0.1, -0.05) is 12.1 Å². The van der Waals surface area contributed by atoms with Crippen molar-refractivity contribution < 1.29 is 4.74 Å². The Labute approximate surface area is 213 Å². The minimum absolute atomic E-state index is 0.106. The molecular weight excluding hydrogens is 446 g/mol. The minimum Gasteiger partial charge on any atom is -0.371 e. The maximum absolute atomic E-state index is 6.50. The van der Waals surface area contributed by atoms with Gasteiger partial charge in [0.1, 0.15) is 6.10 Å². The quantitative estimate of drug-likeness (QED) is 0.298. The van der Waals surface area contributed by atoms with Crippen molar-refractivity contribution in [1.82, 2.24) is 24.5 Å². The van der Waals surface area contributed by atoms with Gasteiger partial charge in [-0.25, -0.2) is 9.03 Å². The maximum atomic E-state index is 6.50. The number of unbranched alkanes of at least 4 members (excludes halogenated alkanes) is 1. The summed E-state index contributed by atoms with van der Waals surface area (Å²) in [4.78, 5) is 0. The molecule has 8 rings (SSSR count). The fraction of sp³-hybridized carbons (Fsp3) is 0.533. The van der Waals surface area contributed by atoms with Crippen LogP contribution in [0.5, 0.6) is 0 Å². The zero-order chi connectivity index (χ0) is 24.0. The lowest BCUT2D eigenvalue weighted by molar-refractivity contribution is -0.0201. The van der Waals surface area contributed by atoms with E-state index in [1.54, 1.807) is 0 Å². The first-order chi connectivity index (χ1) is 17.7. The van der Waals surface area contributed by atoms with Gasteiger partial charge in [-0.05, 0) is 112 Å². The summed E-state index contributed by atoms with van der Waals surface area (Å²) in [6.07, 6.45) is 15.6. The zero-order valence-corrected chi connectivity index (χ0v) is 21.1. The standard InChI is InChI=1S/C30H37N5O/c1-4-10-34-26(7-1)16-25(32-34)17-29(28-18-27-8-2-5-11-35(27)33-28)36-12-6-3-9-31-30-19-22-13-23(20-30)15-24(14-22)21-30/h1-2,4-5,7-8,10-11,16,18,22-24,29,31H,3,6,9,12-15,17,19-21H2. The molecule has 6 nitrogen and oxygen atoms in total. The van der Waals surface area contributed by atoms with Crippen LogP contribution >= 0.6 is 0 Å². The number of rotatable bonds is 10. The second-order valence-electron chi connectivity index (χ2n) is 11.7. The normalized spacial score (nSPS) is 27.8. The molecule has 4 aliphatic rings. The van der Waals surface area contributed by atoms with E-state index in [2.05, 4.69) is 35.6 Å². The topological polar surface area (TPSA) is 55.9 Å². The first-order valence-electron chi connectivity index (χ1n) is 14.0. The molecule has 0 aliphatic heterocycles. The first kappa shape index (κ1) is 22.5.